The third-order valence-electron chi connectivity index (χ3n) is 5.88. The van der Waals surface area contributed by atoms with Crippen LogP contribution in [0.4, 0.5) is 10.5 Å². The summed E-state index contributed by atoms with van der Waals surface area (Å²) in [7, 11) is 0. The molecule has 8 heteroatoms. The van der Waals surface area contributed by atoms with E-state index in [1.807, 2.05) is 36.4 Å². The minimum absolute atomic E-state index is 0.161. The standard InChI is InChI=1S/C28H29N3O5/c1-28(2,3)36-27(35)30-23(15-18-7-5-4-6-8-18)25(32)31-14-11-21-22(26(33)34)16-20(17-24(21)31)19-9-12-29-13-10-19/h4-10,12-13,16-17,23H,11,14-15H2,1-3H3,(H,30,35)(H,33,34)/t23-/m0/s1. The van der Waals surface area contributed by atoms with Gasteiger partial charge in [-0.1, -0.05) is 30.3 Å². The van der Waals surface area contributed by atoms with Crippen LogP contribution in [0.1, 0.15) is 42.3 Å². The smallest absolute Gasteiger partial charge is 0.408 e. The molecule has 186 valence electrons. The lowest BCUT2D eigenvalue weighted by molar-refractivity contribution is -0.120. The van der Waals surface area contributed by atoms with Crippen LogP contribution in [0.3, 0.4) is 0 Å². The van der Waals surface area contributed by atoms with Crippen molar-refractivity contribution >= 4 is 23.7 Å². The lowest BCUT2D eigenvalue weighted by Crippen LogP contribution is -2.50. The zero-order chi connectivity index (χ0) is 25.9. The molecule has 1 atom stereocenters. The topological polar surface area (TPSA) is 109 Å². The third kappa shape index (κ3) is 5.71. The highest BCUT2D eigenvalue weighted by molar-refractivity contribution is 6.04. The van der Waals surface area contributed by atoms with Gasteiger partial charge in [0.25, 0.3) is 0 Å². The van der Waals surface area contributed by atoms with Crippen LogP contribution in [0, 0.1) is 0 Å². The molecule has 3 aromatic rings. The molecule has 0 aliphatic carbocycles. The minimum Gasteiger partial charge on any atom is -0.478 e. The number of carboxylic acids is 1. The first kappa shape index (κ1) is 24.9. The van der Waals surface area contributed by atoms with Crippen molar-refractivity contribution in [2.24, 2.45) is 0 Å². The van der Waals surface area contributed by atoms with Gasteiger partial charge in [0.1, 0.15) is 11.6 Å². The van der Waals surface area contributed by atoms with Crippen LogP contribution >= 0.6 is 0 Å². The molecule has 1 aliphatic heterocycles. The number of ether oxygens (including phenoxy) is 1. The van der Waals surface area contributed by atoms with Crippen molar-refractivity contribution in [2.75, 3.05) is 11.4 Å². The zero-order valence-corrected chi connectivity index (χ0v) is 20.5. The molecular formula is C28H29N3O5. The summed E-state index contributed by atoms with van der Waals surface area (Å²) < 4.78 is 5.41. The van der Waals surface area contributed by atoms with E-state index < -0.39 is 23.7 Å². The van der Waals surface area contributed by atoms with Gasteiger partial charge < -0.3 is 20.1 Å². The number of alkyl carbamates (subject to hydrolysis) is 1. The Hall–Kier alpha value is -4.20. The van der Waals surface area contributed by atoms with Gasteiger partial charge in [-0.2, -0.15) is 0 Å². The number of aromatic carboxylic acids is 1. The molecule has 2 heterocycles. The molecule has 0 saturated heterocycles. The number of nitrogens with zero attached hydrogens (tertiary/aromatic N) is 2. The molecule has 1 aliphatic rings. The molecule has 1 aromatic heterocycles. The zero-order valence-electron chi connectivity index (χ0n) is 20.5. The van der Waals surface area contributed by atoms with Gasteiger partial charge in [-0.3, -0.25) is 9.78 Å². The highest BCUT2D eigenvalue weighted by atomic mass is 16.6. The molecule has 8 nitrogen and oxygen atoms in total. The number of aromatic nitrogens is 1. The van der Waals surface area contributed by atoms with Gasteiger partial charge in [0.05, 0.1) is 5.56 Å². The summed E-state index contributed by atoms with van der Waals surface area (Å²) in [6, 6.07) is 15.5. The van der Waals surface area contributed by atoms with E-state index in [9.17, 15) is 19.5 Å². The fourth-order valence-corrected chi connectivity index (χ4v) is 4.32. The number of anilines is 1. The SMILES string of the molecule is CC(C)(C)OC(=O)N[C@@H](Cc1ccccc1)C(=O)N1CCc2c(C(=O)O)cc(-c3ccncc3)cc21. The lowest BCUT2D eigenvalue weighted by atomic mass is 9.97. The molecule has 0 saturated carbocycles. The summed E-state index contributed by atoms with van der Waals surface area (Å²) in [6.45, 7) is 5.58. The van der Waals surface area contributed by atoms with Crippen LogP contribution in [0.25, 0.3) is 11.1 Å². The second-order valence-corrected chi connectivity index (χ2v) is 9.69. The number of hydrogen-bond donors (Lipinski definition) is 2. The number of carbonyl (C=O) groups excluding carboxylic acids is 2. The second-order valence-electron chi connectivity index (χ2n) is 9.69. The second kappa shape index (κ2) is 10.2. The third-order valence-corrected chi connectivity index (χ3v) is 5.88. The summed E-state index contributed by atoms with van der Waals surface area (Å²) in [5, 5.41) is 12.6. The van der Waals surface area contributed by atoms with Crippen molar-refractivity contribution in [3.63, 3.8) is 0 Å². The Kier molecular flexibility index (Phi) is 7.05. The number of carboxylic acid groups (broad SMARTS) is 1. The first-order valence-corrected chi connectivity index (χ1v) is 11.8. The maximum atomic E-state index is 13.8. The number of nitrogens with one attached hydrogen (secondary N) is 1. The van der Waals surface area contributed by atoms with Gasteiger partial charge in [0, 0.05) is 31.0 Å². The van der Waals surface area contributed by atoms with Crippen LogP contribution in [0.5, 0.6) is 0 Å². The Balaban J connectivity index is 1.70. The fraction of sp³-hybridized carbons (Fsp3) is 0.286. The summed E-state index contributed by atoms with van der Waals surface area (Å²) in [6.07, 6.45) is 3.25. The molecule has 0 spiro atoms. The van der Waals surface area contributed by atoms with Gasteiger partial charge in [0.15, 0.2) is 0 Å². The molecule has 4 rings (SSSR count). The van der Waals surface area contributed by atoms with Crippen LogP contribution in [-0.2, 0) is 22.4 Å². The molecule has 36 heavy (non-hydrogen) atoms. The molecule has 2 amide bonds. The quantitative estimate of drug-likeness (QED) is 0.531. The fourth-order valence-electron chi connectivity index (χ4n) is 4.32. The summed E-state index contributed by atoms with van der Waals surface area (Å²) in [4.78, 5) is 44.1. The molecule has 0 bridgehead atoms. The average Bonchev–Trinajstić information content (AvgIpc) is 3.26. The number of pyridine rings is 1. The maximum Gasteiger partial charge on any atom is 0.408 e. The van der Waals surface area contributed by atoms with Crippen molar-refractivity contribution < 1.29 is 24.2 Å². The Morgan fingerprint density at radius 3 is 2.39 bits per heavy atom. The van der Waals surface area contributed by atoms with Crippen LogP contribution < -0.4 is 10.2 Å². The van der Waals surface area contributed by atoms with Crippen molar-refractivity contribution in [3.8, 4) is 11.1 Å². The Bertz CT molecular complexity index is 1270. The molecular weight excluding hydrogens is 458 g/mol. The normalized spacial score (nSPS) is 13.6. The van der Waals surface area contributed by atoms with E-state index in [4.69, 9.17) is 4.74 Å². The average molecular weight is 488 g/mol. The summed E-state index contributed by atoms with van der Waals surface area (Å²) in [5.74, 6) is -1.38. The minimum atomic E-state index is -1.05. The van der Waals surface area contributed by atoms with Gasteiger partial charge in [-0.15, -0.1) is 0 Å². The molecule has 0 unspecified atom stereocenters. The predicted octanol–water partition coefficient (Wildman–Crippen LogP) is 4.47. The van der Waals surface area contributed by atoms with E-state index in [2.05, 4.69) is 10.3 Å². The number of carbonyl (C=O) groups is 3. The first-order chi connectivity index (χ1) is 17.1. The number of rotatable bonds is 6. The summed E-state index contributed by atoms with van der Waals surface area (Å²) in [5.41, 5.74) is 2.92. The van der Waals surface area contributed by atoms with Crippen molar-refractivity contribution in [2.45, 2.75) is 45.3 Å². The van der Waals surface area contributed by atoms with E-state index in [-0.39, 0.29) is 17.9 Å². The molecule has 0 fully saturated rings. The van der Waals surface area contributed by atoms with Crippen LogP contribution in [0.15, 0.2) is 67.0 Å². The number of benzene rings is 2. The van der Waals surface area contributed by atoms with Gasteiger partial charge in [0.2, 0.25) is 5.91 Å². The van der Waals surface area contributed by atoms with Crippen molar-refractivity contribution in [3.05, 3.63) is 83.7 Å². The van der Waals surface area contributed by atoms with Crippen LogP contribution in [0.2, 0.25) is 0 Å². The number of hydrogen-bond acceptors (Lipinski definition) is 5. The van der Waals surface area contributed by atoms with Crippen LogP contribution in [-0.4, -0.2) is 46.2 Å². The van der Waals surface area contributed by atoms with Crippen molar-refractivity contribution in [1.82, 2.24) is 10.3 Å². The predicted molar refractivity (Wildman–Crippen MR) is 136 cm³/mol. The van der Waals surface area contributed by atoms with E-state index in [1.54, 1.807) is 56.3 Å². The van der Waals surface area contributed by atoms with E-state index >= 15 is 0 Å². The van der Waals surface area contributed by atoms with Gasteiger partial charge in [-0.05, 0) is 73.7 Å². The molecule has 2 N–H and O–H groups in total. The number of amides is 2. The number of fused-ring (bicyclic) bond motifs is 1. The molecule has 0 radical (unpaired) electrons. The Morgan fingerprint density at radius 2 is 1.75 bits per heavy atom. The Labute approximate surface area is 209 Å². The monoisotopic (exact) mass is 487 g/mol. The van der Waals surface area contributed by atoms with Crippen molar-refractivity contribution in [1.29, 1.82) is 0 Å². The van der Waals surface area contributed by atoms with E-state index in [0.29, 0.717) is 29.8 Å². The van der Waals surface area contributed by atoms with E-state index in [1.165, 1.54) is 0 Å². The summed E-state index contributed by atoms with van der Waals surface area (Å²) >= 11 is 0. The maximum absolute atomic E-state index is 13.8. The Morgan fingerprint density at radius 1 is 1.06 bits per heavy atom. The highest BCUT2D eigenvalue weighted by Gasteiger charge is 2.34. The first-order valence-electron chi connectivity index (χ1n) is 11.8. The lowest BCUT2D eigenvalue weighted by Gasteiger charge is -2.27. The highest BCUT2D eigenvalue weighted by Crippen LogP contribution is 2.36. The molecule has 2 aromatic carbocycles. The largest absolute Gasteiger partial charge is 0.478 e. The van der Waals surface area contributed by atoms with Gasteiger partial charge in [-0.25, -0.2) is 9.59 Å². The van der Waals surface area contributed by atoms with E-state index in [0.717, 1.165) is 11.1 Å². The van der Waals surface area contributed by atoms with Gasteiger partial charge >= 0.3 is 12.1 Å².